The molecule has 2 rings (SSSR count). The first kappa shape index (κ1) is 10.6. The molecule has 3 heteroatoms. The van der Waals surface area contributed by atoms with E-state index in [2.05, 4.69) is 0 Å². The van der Waals surface area contributed by atoms with Gasteiger partial charge in [-0.15, -0.1) is 0 Å². The Morgan fingerprint density at radius 3 is 2.07 bits per heavy atom. The molecule has 0 saturated heterocycles. The van der Waals surface area contributed by atoms with Gasteiger partial charge < -0.3 is 5.11 Å². The molecule has 0 aromatic heterocycles. The number of rotatable bonds is 3. The van der Waals surface area contributed by atoms with Crippen LogP contribution in [0, 0.1) is 5.41 Å². The Morgan fingerprint density at radius 1 is 1.07 bits per heavy atom. The second kappa shape index (κ2) is 3.56. The van der Waals surface area contributed by atoms with Crippen molar-refractivity contribution in [3.05, 3.63) is 35.9 Å². The second-order valence-electron chi connectivity index (χ2n) is 4.52. The highest BCUT2D eigenvalue weighted by Gasteiger charge is 2.54. The maximum atomic E-state index is 12.6. The van der Waals surface area contributed by atoms with E-state index in [-0.39, 0.29) is 12.8 Å². The molecule has 0 atom stereocenters. The lowest BCUT2D eigenvalue weighted by atomic mass is 9.58. The number of aliphatic hydroxyl groups is 1. The molecule has 1 nitrogen and oxygen atoms in total. The van der Waals surface area contributed by atoms with E-state index in [0.717, 1.165) is 5.56 Å². The van der Waals surface area contributed by atoms with Gasteiger partial charge in [0, 0.05) is 5.41 Å². The van der Waals surface area contributed by atoms with Gasteiger partial charge in [-0.3, -0.25) is 8.78 Å². The van der Waals surface area contributed by atoms with Crippen molar-refractivity contribution in [2.45, 2.75) is 18.4 Å². The van der Waals surface area contributed by atoms with Gasteiger partial charge in [0.25, 0.3) is 0 Å². The molecular formula is C12H14F2O. The van der Waals surface area contributed by atoms with Crippen LogP contribution >= 0.6 is 0 Å². The number of hydrogen-bond acceptors (Lipinski definition) is 1. The van der Waals surface area contributed by atoms with Crippen molar-refractivity contribution in [3.8, 4) is 0 Å². The lowest BCUT2D eigenvalue weighted by Crippen LogP contribution is -2.52. The Labute approximate surface area is 87.7 Å². The van der Waals surface area contributed by atoms with E-state index in [1.807, 2.05) is 18.2 Å². The zero-order valence-corrected chi connectivity index (χ0v) is 8.42. The van der Waals surface area contributed by atoms with Crippen LogP contribution in [0.25, 0.3) is 0 Å². The summed E-state index contributed by atoms with van der Waals surface area (Å²) in [5.41, 5.74) is -1.22. The van der Waals surface area contributed by atoms with Gasteiger partial charge in [0.05, 0.1) is 19.0 Å². The first-order valence-corrected chi connectivity index (χ1v) is 5.04. The highest BCUT2D eigenvalue weighted by molar-refractivity contribution is 5.27. The first-order chi connectivity index (χ1) is 7.14. The van der Waals surface area contributed by atoms with Crippen LogP contribution in [0.1, 0.15) is 18.4 Å². The summed E-state index contributed by atoms with van der Waals surface area (Å²) in [7, 11) is 0. The fourth-order valence-electron chi connectivity index (χ4n) is 2.37. The van der Waals surface area contributed by atoms with Crippen LogP contribution in [0.2, 0.25) is 0 Å². The molecule has 15 heavy (non-hydrogen) atoms. The first-order valence-electron chi connectivity index (χ1n) is 5.04. The van der Waals surface area contributed by atoms with Crippen LogP contribution in [-0.2, 0) is 5.60 Å². The molecular weight excluding hydrogens is 198 g/mol. The van der Waals surface area contributed by atoms with E-state index in [9.17, 15) is 13.9 Å². The van der Waals surface area contributed by atoms with Crippen LogP contribution in [0.15, 0.2) is 30.3 Å². The second-order valence-corrected chi connectivity index (χ2v) is 4.52. The van der Waals surface area contributed by atoms with Crippen LogP contribution in [0.4, 0.5) is 8.78 Å². The van der Waals surface area contributed by atoms with Crippen molar-refractivity contribution >= 4 is 0 Å². The Bertz CT molecular complexity index is 325. The van der Waals surface area contributed by atoms with E-state index in [1.165, 1.54) is 0 Å². The maximum Gasteiger partial charge on any atom is 0.0978 e. The largest absolute Gasteiger partial charge is 0.385 e. The molecule has 1 aliphatic carbocycles. The van der Waals surface area contributed by atoms with Gasteiger partial charge in [0.15, 0.2) is 0 Å². The van der Waals surface area contributed by atoms with Crippen LogP contribution in [0.3, 0.4) is 0 Å². The highest BCUT2D eigenvalue weighted by atomic mass is 19.1. The molecule has 82 valence electrons. The molecule has 0 heterocycles. The van der Waals surface area contributed by atoms with Crippen LogP contribution in [-0.4, -0.2) is 18.5 Å². The molecule has 0 spiro atoms. The van der Waals surface area contributed by atoms with E-state index in [0.29, 0.717) is 0 Å². The van der Waals surface area contributed by atoms with Gasteiger partial charge in [0.2, 0.25) is 0 Å². The van der Waals surface area contributed by atoms with E-state index in [4.69, 9.17) is 0 Å². The van der Waals surface area contributed by atoms with Crippen molar-refractivity contribution < 1.29 is 13.9 Å². The molecule has 1 N–H and O–H groups in total. The molecule has 1 aromatic carbocycles. The third-order valence-corrected chi connectivity index (χ3v) is 3.21. The minimum absolute atomic E-state index is 0.178. The average molecular weight is 212 g/mol. The summed E-state index contributed by atoms with van der Waals surface area (Å²) in [5.74, 6) is 0. The molecule has 1 aromatic rings. The summed E-state index contributed by atoms with van der Waals surface area (Å²) in [6, 6.07) is 9.07. The Kier molecular flexibility index (Phi) is 2.51. The number of halogens is 2. The van der Waals surface area contributed by atoms with Gasteiger partial charge in [0.1, 0.15) is 0 Å². The molecule has 0 radical (unpaired) electrons. The van der Waals surface area contributed by atoms with Crippen molar-refractivity contribution in [2.75, 3.05) is 13.3 Å². The quantitative estimate of drug-likeness (QED) is 0.816. The predicted octanol–water partition coefficient (Wildman–Crippen LogP) is 2.59. The molecule has 1 aliphatic rings. The minimum Gasteiger partial charge on any atom is -0.385 e. The number of benzene rings is 1. The lowest BCUT2D eigenvalue weighted by molar-refractivity contribution is -0.150. The topological polar surface area (TPSA) is 20.2 Å². The maximum absolute atomic E-state index is 12.6. The normalized spacial score (nSPS) is 22.1. The smallest absolute Gasteiger partial charge is 0.0978 e. The van der Waals surface area contributed by atoms with Gasteiger partial charge in [-0.2, -0.15) is 0 Å². The third kappa shape index (κ3) is 1.65. The van der Waals surface area contributed by atoms with Crippen LogP contribution < -0.4 is 0 Å². The zero-order valence-electron chi connectivity index (χ0n) is 8.42. The van der Waals surface area contributed by atoms with Gasteiger partial charge in [-0.25, -0.2) is 0 Å². The highest BCUT2D eigenvalue weighted by Crippen LogP contribution is 2.54. The Hall–Kier alpha value is -0.960. The SMILES string of the molecule is OC1(c2ccccc2)CC(CF)(CF)C1. The predicted molar refractivity (Wildman–Crippen MR) is 54.0 cm³/mol. The van der Waals surface area contributed by atoms with Gasteiger partial charge in [-0.05, 0) is 18.4 Å². The van der Waals surface area contributed by atoms with Crippen molar-refractivity contribution in [1.29, 1.82) is 0 Å². The Balaban J connectivity index is 2.14. The van der Waals surface area contributed by atoms with E-state index >= 15 is 0 Å². The van der Waals surface area contributed by atoms with Crippen molar-refractivity contribution in [2.24, 2.45) is 5.41 Å². The van der Waals surface area contributed by atoms with Crippen molar-refractivity contribution in [3.63, 3.8) is 0 Å². The summed E-state index contributed by atoms with van der Waals surface area (Å²) in [6.45, 7) is -1.39. The van der Waals surface area contributed by atoms with Crippen LogP contribution in [0.5, 0.6) is 0 Å². The third-order valence-electron chi connectivity index (χ3n) is 3.21. The monoisotopic (exact) mass is 212 g/mol. The molecule has 1 fully saturated rings. The van der Waals surface area contributed by atoms with Gasteiger partial charge in [-0.1, -0.05) is 30.3 Å². The number of hydrogen-bond donors (Lipinski definition) is 1. The van der Waals surface area contributed by atoms with E-state index < -0.39 is 24.4 Å². The lowest BCUT2D eigenvalue weighted by Gasteiger charge is -2.51. The van der Waals surface area contributed by atoms with Gasteiger partial charge >= 0.3 is 0 Å². The molecule has 0 unspecified atom stereocenters. The molecule has 0 amide bonds. The zero-order chi connectivity index (χ0) is 10.9. The number of alkyl halides is 2. The summed E-state index contributed by atoms with van der Waals surface area (Å²) in [5, 5.41) is 10.1. The average Bonchev–Trinajstić information content (AvgIpc) is 2.26. The molecule has 0 bridgehead atoms. The molecule has 0 aliphatic heterocycles. The fraction of sp³-hybridized carbons (Fsp3) is 0.500. The minimum atomic E-state index is -1.03. The summed E-state index contributed by atoms with van der Waals surface area (Å²) in [4.78, 5) is 0. The van der Waals surface area contributed by atoms with Crippen molar-refractivity contribution in [1.82, 2.24) is 0 Å². The molecule has 1 saturated carbocycles. The summed E-state index contributed by atoms with van der Waals surface area (Å²) in [6.07, 6.45) is 0.355. The summed E-state index contributed by atoms with van der Waals surface area (Å²) < 4.78 is 25.2. The Morgan fingerprint density at radius 2 is 1.60 bits per heavy atom. The fourth-order valence-corrected chi connectivity index (χ4v) is 2.37. The standard InChI is InChI=1S/C12H14F2O/c13-8-11(9-14)6-12(15,7-11)10-4-2-1-3-5-10/h1-5,15H,6-9H2. The van der Waals surface area contributed by atoms with E-state index in [1.54, 1.807) is 12.1 Å². The summed E-state index contributed by atoms with van der Waals surface area (Å²) >= 11 is 0.